The fourth-order valence-corrected chi connectivity index (χ4v) is 1.51. The minimum atomic E-state index is -2.34. The van der Waals surface area contributed by atoms with Crippen molar-refractivity contribution in [1.82, 2.24) is 4.98 Å². The summed E-state index contributed by atoms with van der Waals surface area (Å²) in [5.74, 6) is 0. The SMILES string of the molecule is CP(C)(=O)c1cc[c]c(C#N)n1. The molecule has 1 rings (SSSR count). The Bertz CT molecular complexity index is 375. The van der Waals surface area contributed by atoms with Gasteiger partial charge in [0.25, 0.3) is 0 Å². The quantitative estimate of drug-likeness (QED) is 0.604. The molecule has 1 aromatic rings. The highest BCUT2D eigenvalue weighted by Gasteiger charge is 2.12. The van der Waals surface area contributed by atoms with E-state index in [1.54, 1.807) is 25.5 Å². The molecule has 0 unspecified atom stereocenters. The van der Waals surface area contributed by atoms with Gasteiger partial charge in [0.2, 0.25) is 0 Å². The Morgan fingerprint density at radius 3 is 2.83 bits per heavy atom. The standard InChI is InChI=1S/C8H8N2OP/c1-12(2,11)8-5-3-4-7(6-9)10-8/h3,5H,1-2H3. The highest BCUT2D eigenvalue weighted by Crippen LogP contribution is 2.32. The molecule has 0 aliphatic heterocycles. The summed E-state index contributed by atoms with van der Waals surface area (Å²) < 4.78 is 11.5. The Labute approximate surface area is 71.4 Å². The zero-order valence-corrected chi connectivity index (χ0v) is 7.80. The lowest BCUT2D eigenvalue weighted by molar-refractivity contribution is 0.587. The number of hydrogen-bond acceptors (Lipinski definition) is 3. The maximum Gasteiger partial charge on any atom is 0.149 e. The molecule has 3 nitrogen and oxygen atoms in total. The lowest BCUT2D eigenvalue weighted by Gasteiger charge is -2.03. The molecule has 0 atom stereocenters. The molecule has 1 radical (unpaired) electrons. The summed E-state index contributed by atoms with van der Waals surface area (Å²) in [6, 6.07) is 7.69. The van der Waals surface area contributed by atoms with E-state index in [4.69, 9.17) is 5.26 Å². The molecule has 0 N–H and O–H groups in total. The van der Waals surface area contributed by atoms with Gasteiger partial charge in [0, 0.05) is 6.07 Å². The second-order valence-electron chi connectivity index (χ2n) is 2.76. The molecule has 12 heavy (non-hydrogen) atoms. The Hall–Kier alpha value is -1.13. The third kappa shape index (κ3) is 1.93. The number of nitrogens with zero attached hydrogens (tertiary/aromatic N) is 2. The van der Waals surface area contributed by atoms with Gasteiger partial charge in [0.15, 0.2) is 0 Å². The first kappa shape index (κ1) is 8.96. The lowest BCUT2D eigenvalue weighted by atomic mass is 10.4. The smallest absolute Gasteiger partial charge is 0.149 e. The van der Waals surface area contributed by atoms with E-state index in [2.05, 4.69) is 11.1 Å². The van der Waals surface area contributed by atoms with Gasteiger partial charge in [-0.25, -0.2) is 4.98 Å². The van der Waals surface area contributed by atoms with E-state index >= 15 is 0 Å². The van der Waals surface area contributed by atoms with E-state index in [1.807, 2.05) is 6.07 Å². The van der Waals surface area contributed by atoms with Crippen LogP contribution in [0, 0.1) is 17.4 Å². The zero-order chi connectivity index (χ0) is 9.19. The number of nitriles is 1. The molecule has 0 spiro atoms. The van der Waals surface area contributed by atoms with Crippen LogP contribution < -0.4 is 5.44 Å². The summed E-state index contributed by atoms with van der Waals surface area (Å²) in [7, 11) is -2.34. The van der Waals surface area contributed by atoms with Crippen LogP contribution in [0.25, 0.3) is 0 Å². The van der Waals surface area contributed by atoms with E-state index in [0.717, 1.165) is 0 Å². The van der Waals surface area contributed by atoms with Gasteiger partial charge in [-0.05, 0) is 25.5 Å². The van der Waals surface area contributed by atoms with Gasteiger partial charge in [0.05, 0.1) is 0 Å². The van der Waals surface area contributed by atoms with Crippen LogP contribution in [-0.2, 0) is 4.57 Å². The van der Waals surface area contributed by atoms with Crippen molar-refractivity contribution in [1.29, 1.82) is 5.26 Å². The summed E-state index contributed by atoms with van der Waals surface area (Å²) in [4.78, 5) is 3.88. The average molecular weight is 179 g/mol. The van der Waals surface area contributed by atoms with E-state index in [0.29, 0.717) is 5.44 Å². The van der Waals surface area contributed by atoms with Crippen molar-refractivity contribution in [3.63, 3.8) is 0 Å². The van der Waals surface area contributed by atoms with Crippen molar-refractivity contribution in [3.8, 4) is 6.07 Å². The molecule has 0 aliphatic rings. The van der Waals surface area contributed by atoms with Crippen molar-refractivity contribution in [3.05, 3.63) is 23.9 Å². The molecule has 0 aliphatic carbocycles. The van der Waals surface area contributed by atoms with Crippen LogP contribution in [0.5, 0.6) is 0 Å². The van der Waals surface area contributed by atoms with Gasteiger partial charge in [0.1, 0.15) is 24.3 Å². The van der Waals surface area contributed by atoms with Crippen molar-refractivity contribution in [2.24, 2.45) is 0 Å². The van der Waals surface area contributed by atoms with Crippen LogP contribution in [0.2, 0.25) is 0 Å². The van der Waals surface area contributed by atoms with Gasteiger partial charge in [-0.15, -0.1) is 0 Å². The minimum absolute atomic E-state index is 0.191. The molecule has 1 heterocycles. The largest absolute Gasteiger partial charge is 0.318 e. The predicted octanol–water partition coefficient (Wildman–Crippen LogP) is 1.00. The predicted molar refractivity (Wildman–Crippen MR) is 46.9 cm³/mol. The second kappa shape index (κ2) is 3.08. The van der Waals surface area contributed by atoms with Crippen LogP contribution in [0.15, 0.2) is 12.1 Å². The molecule has 1 aromatic heterocycles. The highest BCUT2D eigenvalue weighted by molar-refractivity contribution is 7.69. The van der Waals surface area contributed by atoms with E-state index in [-0.39, 0.29) is 5.69 Å². The highest BCUT2D eigenvalue weighted by atomic mass is 31.2. The first-order valence-electron chi connectivity index (χ1n) is 3.38. The van der Waals surface area contributed by atoms with Crippen LogP contribution in [-0.4, -0.2) is 18.3 Å². The summed E-state index contributed by atoms with van der Waals surface area (Å²) in [6.07, 6.45) is 0. The average Bonchev–Trinajstić information content (AvgIpc) is 2.03. The van der Waals surface area contributed by atoms with E-state index < -0.39 is 7.14 Å². The molecule has 0 saturated carbocycles. The number of pyridine rings is 1. The molecule has 61 valence electrons. The van der Waals surface area contributed by atoms with E-state index in [1.165, 1.54) is 0 Å². The monoisotopic (exact) mass is 179 g/mol. The third-order valence-electron chi connectivity index (χ3n) is 1.34. The lowest BCUT2D eigenvalue weighted by Crippen LogP contribution is -2.08. The fourth-order valence-electron chi connectivity index (χ4n) is 0.736. The van der Waals surface area contributed by atoms with Crippen molar-refractivity contribution < 1.29 is 4.57 Å². The molecule has 0 fully saturated rings. The zero-order valence-electron chi connectivity index (χ0n) is 6.90. The molecule has 0 aromatic carbocycles. The van der Waals surface area contributed by atoms with Crippen molar-refractivity contribution in [2.75, 3.05) is 13.3 Å². The van der Waals surface area contributed by atoms with Crippen LogP contribution in [0.4, 0.5) is 0 Å². The second-order valence-corrected chi connectivity index (χ2v) is 5.92. The van der Waals surface area contributed by atoms with Gasteiger partial charge in [-0.1, -0.05) is 0 Å². The summed E-state index contributed by atoms with van der Waals surface area (Å²) >= 11 is 0. The molecular weight excluding hydrogens is 171 g/mol. The third-order valence-corrected chi connectivity index (χ3v) is 2.69. The molecular formula is C8H8N2OP. The minimum Gasteiger partial charge on any atom is -0.318 e. The first-order chi connectivity index (χ1) is 5.54. The first-order valence-corrected chi connectivity index (χ1v) is 5.98. The van der Waals surface area contributed by atoms with Crippen LogP contribution >= 0.6 is 7.14 Å². The summed E-state index contributed by atoms with van der Waals surface area (Å²) in [5, 5.41) is 8.49. The van der Waals surface area contributed by atoms with Crippen molar-refractivity contribution >= 4 is 12.6 Å². The van der Waals surface area contributed by atoms with Gasteiger partial charge in [-0.3, -0.25) is 0 Å². The molecule has 0 saturated heterocycles. The maximum atomic E-state index is 11.5. The van der Waals surface area contributed by atoms with Crippen LogP contribution in [0.3, 0.4) is 0 Å². The molecule has 0 amide bonds. The number of rotatable bonds is 1. The van der Waals surface area contributed by atoms with Gasteiger partial charge < -0.3 is 4.57 Å². The number of hydrogen-bond donors (Lipinski definition) is 0. The molecule has 0 bridgehead atoms. The normalized spacial score (nSPS) is 10.8. The Balaban J connectivity index is 3.22. The fraction of sp³-hybridized carbons (Fsp3) is 0.250. The van der Waals surface area contributed by atoms with Gasteiger partial charge >= 0.3 is 0 Å². The Morgan fingerprint density at radius 1 is 1.67 bits per heavy atom. The van der Waals surface area contributed by atoms with Crippen LogP contribution in [0.1, 0.15) is 5.69 Å². The summed E-state index contributed by atoms with van der Waals surface area (Å²) in [6.45, 7) is 3.24. The Morgan fingerprint density at radius 2 is 2.33 bits per heavy atom. The topological polar surface area (TPSA) is 53.8 Å². The maximum absolute atomic E-state index is 11.5. The summed E-state index contributed by atoms with van der Waals surface area (Å²) in [5.41, 5.74) is 0.675. The van der Waals surface area contributed by atoms with E-state index in [9.17, 15) is 4.57 Å². The molecule has 4 heteroatoms. The Kier molecular flexibility index (Phi) is 2.30. The van der Waals surface area contributed by atoms with Crippen molar-refractivity contribution in [2.45, 2.75) is 0 Å². The number of aromatic nitrogens is 1. The van der Waals surface area contributed by atoms with Gasteiger partial charge in [-0.2, -0.15) is 5.26 Å².